The standard InChI is InChI=1S/C39H70N2O12.C39H74N2O8.C33H62N2O8.3CH4/c1-33(42)21-25-50-29-31-52-27-23-41(24-28-53-32-30-51-26-22-34(2)43)37(45)20-19-35(39(48)49)40-36(44)17-15-13-11-9-7-5-3-4-6-8-10-12-14-16-18-38(46)47;1-4-5-6-7-8-9-10-11-12-13-14-15-16-17-18-21-38(44)40-25-20-19-22-39(45)41(26-30-48-34-32-46-28-23-36(2)42)27-31-49-35-33-47-29-24-37(3)43;1-4-5-6-7-8-9-10-11-12-15-32(38)34-19-14-13-16-33(39)35(20-24-42-28-26-40-22-17-30(2)36)21-25-43-29-27-41-23-18-31(3)37;;;/h35H,3-32H2,1-2H3,(H,40,44)(H,46,47)(H,48,49);4-35H2,1-3H3,(H,40,44);4-29H2,1-3H3,(H,34,38);3*1H4. The van der Waals surface area contributed by atoms with Gasteiger partial charge in [0.25, 0.3) is 0 Å². The average molecular weight is 2120 g/mol. The molecule has 148 heavy (non-hydrogen) atoms. The zero-order chi connectivity index (χ0) is 107. The maximum absolute atomic E-state index is 13.1. The third kappa shape index (κ3) is 123. The highest BCUT2D eigenvalue weighted by atomic mass is 16.5. The van der Waals surface area contributed by atoms with Gasteiger partial charge < -0.3 is 97.7 Å². The Bertz CT molecular complexity index is 3030. The van der Waals surface area contributed by atoms with Crippen LogP contribution in [0, 0.1) is 0 Å². The van der Waals surface area contributed by atoms with Crippen LogP contribution in [0.1, 0.15) is 437 Å². The van der Waals surface area contributed by atoms with E-state index in [2.05, 4.69) is 29.8 Å². The van der Waals surface area contributed by atoms with E-state index in [0.717, 1.165) is 77.0 Å². The van der Waals surface area contributed by atoms with Crippen LogP contribution in [0.25, 0.3) is 0 Å². The maximum atomic E-state index is 13.1. The highest BCUT2D eigenvalue weighted by Gasteiger charge is 2.24. The number of carbonyl (C=O) groups excluding carboxylic acids is 12. The fraction of sp³-hybridized carbons (Fsp3) is 0.877. The molecule has 6 amide bonds. The number of rotatable bonds is 112. The molecule has 1 unspecified atom stereocenters. The van der Waals surface area contributed by atoms with Crippen molar-refractivity contribution in [3.05, 3.63) is 0 Å². The van der Waals surface area contributed by atoms with E-state index in [1.165, 1.54) is 215 Å². The summed E-state index contributed by atoms with van der Waals surface area (Å²) in [5.41, 5.74) is 0. The molecular weight excluding hydrogens is 1900 g/mol. The van der Waals surface area contributed by atoms with Crippen molar-refractivity contribution in [1.29, 1.82) is 0 Å². The molecule has 5 N–H and O–H groups in total. The fourth-order valence-electron chi connectivity index (χ4n) is 15.0. The van der Waals surface area contributed by atoms with E-state index < -0.39 is 18.0 Å². The number of amides is 6. The van der Waals surface area contributed by atoms with Gasteiger partial charge >= 0.3 is 11.9 Å². The summed E-state index contributed by atoms with van der Waals surface area (Å²) in [6, 6.07) is -1.17. The van der Waals surface area contributed by atoms with Crippen LogP contribution >= 0.6 is 0 Å². The second kappa shape index (κ2) is 121. The Morgan fingerprint density at radius 2 is 0.392 bits per heavy atom. The molecule has 34 nitrogen and oxygen atoms in total. The van der Waals surface area contributed by atoms with Crippen LogP contribution in [0.3, 0.4) is 0 Å². The number of unbranched alkanes of at least 4 members (excludes halogenated alkanes) is 37. The second-order valence-corrected chi connectivity index (χ2v) is 37.9. The Balaban J connectivity index is -0.000000508. The first kappa shape index (κ1) is 152. The van der Waals surface area contributed by atoms with Crippen molar-refractivity contribution in [2.75, 3.05) is 211 Å². The van der Waals surface area contributed by atoms with Gasteiger partial charge in [-0.1, -0.05) is 254 Å². The summed E-state index contributed by atoms with van der Waals surface area (Å²) in [5.74, 6) is -1.77. The summed E-state index contributed by atoms with van der Waals surface area (Å²) in [4.78, 5) is 169. The SMILES string of the molecule is C.C.C.CC(=O)CCOCCOCCN(CCOCCOCCC(C)=O)C(=O)CCC(NC(=O)CCCCCCCCCCCCCCCCC(=O)O)C(=O)O.CCCCCCCCCCCC(=O)NCCCCC(=O)N(CCOCCOCCC(C)=O)CCOCCOCCC(C)=O.CCCCCCCCCCCCCCCCCC(=O)NCCCCC(=O)N(CCOCCOCCC(C)=O)CCOCCOCCC(C)=O. The predicted molar refractivity (Wildman–Crippen MR) is 587 cm³/mol. The van der Waals surface area contributed by atoms with Crippen LogP contribution < -0.4 is 16.0 Å². The molecule has 0 aliphatic rings. The Kier molecular flexibility index (Phi) is 124. The molecule has 0 aliphatic carbocycles. The van der Waals surface area contributed by atoms with Crippen molar-refractivity contribution in [2.45, 2.75) is 443 Å². The van der Waals surface area contributed by atoms with E-state index in [1.807, 2.05) is 0 Å². The predicted octanol–water partition coefficient (Wildman–Crippen LogP) is 19.9. The number of aliphatic carboxylic acids is 2. The van der Waals surface area contributed by atoms with Gasteiger partial charge in [0.1, 0.15) is 40.7 Å². The van der Waals surface area contributed by atoms with Crippen molar-refractivity contribution < 1.29 is 134 Å². The Morgan fingerprint density at radius 1 is 0.209 bits per heavy atom. The van der Waals surface area contributed by atoms with E-state index in [1.54, 1.807) is 14.7 Å². The molecule has 0 aliphatic heterocycles. The van der Waals surface area contributed by atoms with Gasteiger partial charge in [0, 0.05) is 136 Å². The highest BCUT2D eigenvalue weighted by molar-refractivity contribution is 5.85. The Labute approximate surface area is 896 Å². The minimum atomic E-state index is -1.19. The largest absolute Gasteiger partial charge is 0.481 e. The summed E-state index contributed by atoms with van der Waals surface area (Å²) in [6.45, 7) is 25.7. The average Bonchev–Trinajstić information content (AvgIpc) is 0.909. The lowest BCUT2D eigenvalue weighted by molar-refractivity contribution is -0.142. The van der Waals surface area contributed by atoms with Crippen molar-refractivity contribution in [1.82, 2.24) is 30.7 Å². The van der Waals surface area contributed by atoms with Gasteiger partial charge in [-0.2, -0.15) is 0 Å². The van der Waals surface area contributed by atoms with E-state index in [4.69, 9.17) is 61.9 Å². The number of hydrogen-bond donors (Lipinski definition) is 5. The van der Waals surface area contributed by atoms with Crippen molar-refractivity contribution in [3.8, 4) is 0 Å². The lowest BCUT2D eigenvalue weighted by Gasteiger charge is -2.24. The van der Waals surface area contributed by atoms with Crippen molar-refractivity contribution in [3.63, 3.8) is 0 Å². The molecule has 0 heterocycles. The molecule has 0 fully saturated rings. The van der Waals surface area contributed by atoms with Gasteiger partial charge in [-0.3, -0.25) is 62.3 Å². The minimum absolute atomic E-state index is 0. The topological polar surface area (TPSA) is 436 Å². The van der Waals surface area contributed by atoms with Crippen LogP contribution in [-0.2, 0) is 124 Å². The molecule has 872 valence electrons. The van der Waals surface area contributed by atoms with Gasteiger partial charge in [0.15, 0.2) is 0 Å². The Morgan fingerprint density at radius 3 is 0.595 bits per heavy atom. The van der Waals surface area contributed by atoms with E-state index >= 15 is 0 Å². The summed E-state index contributed by atoms with van der Waals surface area (Å²) >= 11 is 0. The fourth-order valence-corrected chi connectivity index (χ4v) is 15.0. The molecule has 0 aromatic heterocycles. The summed E-state index contributed by atoms with van der Waals surface area (Å²) in [7, 11) is 0. The number of ether oxygens (including phenoxy) is 12. The molecular formula is C114H218N6O28. The molecule has 1 atom stereocenters. The van der Waals surface area contributed by atoms with Crippen molar-refractivity contribution in [2.24, 2.45) is 0 Å². The van der Waals surface area contributed by atoms with E-state index in [9.17, 15) is 72.2 Å². The first-order chi connectivity index (χ1) is 70.2. The molecule has 0 saturated carbocycles. The third-order valence-corrected chi connectivity index (χ3v) is 24.0. The van der Waals surface area contributed by atoms with Crippen LogP contribution in [0.15, 0.2) is 0 Å². The van der Waals surface area contributed by atoms with Gasteiger partial charge in [-0.15, -0.1) is 0 Å². The molecule has 34 heteroatoms. The van der Waals surface area contributed by atoms with E-state index in [0.29, 0.717) is 268 Å². The molecule has 0 aromatic rings. The van der Waals surface area contributed by atoms with E-state index in [-0.39, 0.29) is 144 Å². The molecule has 0 radical (unpaired) electrons. The lowest BCUT2D eigenvalue weighted by Crippen LogP contribution is -2.42. The quantitative estimate of drug-likeness (QED) is 0.0353. The molecule has 0 saturated heterocycles. The lowest BCUT2D eigenvalue weighted by atomic mass is 10.0. The van der Waals surface area contributed by atoms with Gasteiger partial charge in [0.05, 0.1) is 159 Å². The maximum Gasteiger partial charge on any atom is 0.326 e. The van der Waals surface area contributed by atoms with Gasteiger partial charge in [-0.25, -0.2) is 4.79 Å². The second-order valence-electron chi connectivity index (χ2n) is 37.9. The van der Waals surface area contributed by atoms with Crippen LogP contribution in [0.2, 0.25) is 0 Å². The number of nitrogens with zero attached hydrogens (tertiary/aromatic N) is 3. The molecule has 0 aromatic carbocycles. The number of carboxylic acids is 2. The van der Waals surface area contributed by atoms with Gasteiger partial charge in [-0.05, 0) is 99.3 Å². The highest BCUT2D eigenvalue weighted by Crippen LogP contribution is 2.19. The molecule has 0 rings (SSSR count). The van der Waals surface area contributed by atoms with Crippen LogP contribution in [-0.4, -0.2) is 324 Å². The zero-order valence-electron chi connectivity index (χ0n) is 92.2. The normalized spacial score (nSPS) is 11.1. The number of carbonyl (C=O) groups is 14. The summed E-state index contributed by atoms with van der Waals surface area (Å²) in [5, 5.41) is 27.0. The number of hydrogen-bond acceptors (Lipinski definition) is 26. The van der Waals surface area contributed by atoms with Crippen LogP contribution in [0.4, 0.5) is 0 Å². The Hall–Kier alpha value is -6.70. The molecule has 0 spiro atoms. The number of nitrogens with one attached hydrogen (secondary N) is 3. The number of carboxylic acid groups (broad SMARTS) is 2. The monoisotopic (exact) mass is 2120 g/mol. The summed E-state index contributed by atoms with van der Waals surface area (Å²) in [6.07, 6.45) is 53.3. The van der Waals surface area contributed by atoms with Crippen LogP contribution in [0.5, 0.6) is 0 Å². The zero-order valence-corrected chi connectivity index (χ0v) is 92.2. The van der Waals surface area contributed by atoms with Crippen molar-refractivity contribution >= 4 is 82.1 Å². The summed E-state index contributed by atoms with van der Waals surface area (Å²) < 4.78 is 65.9. The minimum Gasteiger partial charge on any atom is -0.481 e. The molecule has 0 bridgehead atoms. The smallest absolute Gasteiger partial charge is 0.326 e. The van der Waals surface area contributed by atoms with Gasteiger partial charge in [0.2, 0.25) is 35.4 Å². The first-order valence-electron chi connectivity index (χ1n) is 56.3. The number of Topliss-reactive ketones (excluding diaryl/α,β-unsaturated/α-hetero) is 6. The third-order valence-electron chi connectivity index (χ3n) is 24.0. The first-order valence-corrected chi connectivity index (χ1v) is 56.3. The number of ketones is 6.